The second kappa shape index (κ2) is 8.09. The maximum Gasteiger partial charge on any atom is 0.163 e. The molecule has 3 nitrogen and oxygen atoms in total. The van der Waals surface area contributed by atoms with E-state index in [-0.39, 0.29) is 0 Å². The minimum Gasteiger partial charge on any atom is -0.493 e. The quantitative estimate of drug-likeness (QED) is 0.665. The summed E-state index contributed by atoms with van der Waals surface area (Å²) in [5, 5.41) is 0. The van der Waals surface area contributed by atoms with Gasteiger partial charge < -0.3 is 14.4 Å². The number of anilines is 2. The van der Waals surface area contributed by atoms with Crippen LogP contribution < -0.4 is 14.4 Å². The van der Waals surface area contributed by atoms with Crippen LogP contribution in [0.25, 0.3) is 0 Å². The molecule has 2 aromatic rings. The van der Waals surface area contributed by atoms with Crippen LogP contribution >= 0.6 is 0 Å². The SMILES string of the molecule is CCCN(c1ccccc1)c1ccc(OC)c(OC2CCCC2)c1. The summed E-state index contributed by atoms with van der Waals surface area (Å²) >= 11 is 0. The summed E-state index contributed by atoms with van der Waals surface area (Å²) < 4.78 is 11.8. The minimum absolute atomic E-state index is 0.325. The molecule has 0 N–H and O–H groups in total. The number of benzene rings is 2. The van der Waals surface area contributed by atoms with E-state index in [1.807, 2.05) is 6.07 Å². The molecule has 24 heavy (non-hydrogen) atoms. The van der Waals surface area contributed by atoms with Gasteiger partial charge in [-0.3, -0.25) is 0 Å². The summed E-state index contributed by atoms with van der Waals surface area (Å²) in [6.45, 7) is 3.18. The molecule has 1 aliphatic carbocycles. The predicted octanol–water partition coefficient (Wildman–Crippen LogP) is 5.56. The summed E-state index contributed by atoms with van der Waals surface area (Å²) in [7, 11) is 1.71. The monoisotopic (exact) mass is 325 g/mol. The predicted molar refractivity (Wildman–Crippen MR) is 99.6 cm³/mol. The molecule has 1 aliphatic rings. The molecule has 2 aromatic carbocycles. The van der Waals surface area contributed by atoms with Crippen molar-refractivity contribution in [3.05, 3.63) is 48.5 Å². The topological polar surface area (TPSA) is 21.7 Å². The molecule has 0 bridgehead atoms. The molecule has 128 valence electrons. The van der Waals surface area contributed by atoms with E-state index in [4.69, 9.17) is 9.47 Å². The van der Waals surface area contributed by atoms with Crippen molar-refractivity contribution in [1.29, 1.82) is 0 Å². The summed E-state index contributed by atoms with van der Waals surface area (Å²) in [6.07, 6.45) is 6.22. The fraction of sp³-hybridized carbons (Fsp3) is 0.429. The Kier molecular flexibility index (Phi) is 5.63. The molecular formula is C21H27NO2. The molecule has 1 fully saturated rings. The maximum atomic E-state index is 6.25. The third-order valence-electron chi connectivity index (χ3n) is 4.57. The van der Waals surface area contributed by atoms with E-state index in [9.17, 15) is 0 Å². The third-order valence-corrected chi connectivity index (χ3v) is 4.57. The van der Waals surface area contributed by atoms with Crippen LogP contribution in [0, 0.1) is 0 Å². The normalized spacial score (nSPS) is 14.6. The Morgan fingerprint density at radius 2 is 1.71 bits per heavy atom. The lowest BCUT2D eigenvalue weighted by Crippen LogP contribution is -2.18. The second-order valence-electron chi connectivity index (χ2n) is 6.35. The Balaban J connectivity index is 1.90. The minimum atomic E-state index is 0.325. The molecule has 1 saturated carbocycles. The van der Waals surface area contributed by atoms with E-state index < -0.39 is 0 Å². The number of ether oxygens (including phenoxy) is 2. The van der Waals surface area contributed by atoms with Crippen LogP contribution in [0.4, 0.5) is 11.4 Å². The fourth-order valence-corrected chi connectivity index (χ4v) is 3.35. The fourth-order valence-electron chi connectivity index (χ4n) is 3.35. The van der Waals surface area contributed by atoms with Crippen molar-refractivity contribution >= 4 is 11.4 Å². The van der Waals surface area contributed by atoms with Gasteiger partial charge >= 0.3 is 0 Å². The van der Waals surface area contributed by atoms with Gasteiger partial charge in [-0.1, -0.05) is 25.1 Å². The number of hydrogen-bond acceptors (Lipinski definition) is 3. The molecule has 3 rings (SSSR count). The first-order valence-electron chi connectivity index (χ1n) is 8.99. The first-order chi connectivity index (χ1) is 11.8. The van der Waals surface area contributed by atoms with Crippen LogP contribution in [-0.2, 0) is 0 Å². The lowest BCUT2D eigenvalue weighted by molar-refractivity contribution is 0.201. The molecule has 0 spiro atoms. The largest absolute Gasteiger partial charge is 0.493 e. The van der Waals surface area contributed by atoms with Crippen molar-refractivity contribution in [3.63, 3.8) is 0 Å². The average Bonchev–Trinajstić information content (AvgIpc) is 3.13. The summed E-state index contributed by atoms with van der Waals surface area (Å²) in [5.74, 6) is 1.68. The standard InChI is InChI=1S/C21H27NO2/c1-3-15-22(17-9-5-4-6-10-17)18-13-14-20(23-2)21(16-18)24-19-11-7-8-12-19/h4-6,9-10,13-14,16,19H,3,7-8,11-12,15H2,1-2H3. The number of methoxy groups -OCH3 is 1. The smallest absolute Gasteiger partial charge is 0.163 e. The number of nitrogens with zero attached hydrogens (tertiary/aromatic N) is 1. The average molecular weight is 325 g/mol. The van der Waals surface area contributed by atoms with E-state index in [1.165, 1.54) is 18.5 Å². The van der Waals surface area contributed by atoms with Crippen molar-refractivity contribution in [2.24, 2.45) is 0 Å². The maximum absolute atomic E-state index is 6.25. The van der Waals surface area contributed by atoms with Crippen LogP contribution in [0.2, 0.25) is 0 Å². The highest BCUT2D eigenvalue weighted by Gasteiger charge is 2.19. The van der Waals surface area contributed by atoms with E-state index in [0.717, 1.165) is 43.0 Å². The second-order valence-corrected chi connectivity index (χ2v) is 6.35. The Morgan fingerprint density at radius 3 is 2.38 bits per heavy atom. The van der Waals surface area contributed by atoms with Gasteiger partial charge in [0.2, 0.25) is 0 Å². The molecule has 0 saturated heterocycles. The Bertz CT molecular complexity index is 636. The summed E-state index contributed by atoms with van der Waals surface area (Å²) in [5.41, 5.74) is 2.35. The molecule has 0 heterocycles. The van der Waals surface area contributed by atoms with E-state index in [1.54, 1.807) is 7.11 Å². The van der Waals surface area contributed by atoms with E-state index >= 15 is 0 Å². The van der Waals surface area contributed by atoms with Crippen molar-refractivity contribution in [2.75, 3.05) is 18.6 Å². The van der Waals surface area contributed by atoms with Gasteiger partial charge in [-0.2, -0.15) is 0 Å². The highest BCUT2D eigenvalue weighted by atomic mass is 16.5. The number of hydrogen-bond donors (Lipinski definition) is 0. The highest BCUT2D eigenvalue weighted by Crippen LogP contribution is 2.37. The molecular weight excluding hydrogens is 298 g/mol. The number of para-hydroxylation sites is 1. The molecule has 3 heteroatoms. The van der Waals surface area contributed by atoms with Crippen molar-refractivity contribution in [2.45, 2.75) is 45.1 Å². The first kappa shape index (κ1) is 16.7. The third kappa shape index (κ3) is 3.84. The van der Waals surface area contributed by atoms with Crippen LogP contribution in [-0.4, -0.2) is 19.8 Å². The van der Waals surface area contributed by atoms with Crippen LogP contribution in [0.1, 0.15) is 39.0 Å². The lowest BCUT2D eigenvalue weighted by atomic mass is 10.2. The Morgan fingerprint density at radius 1 is 0.958 bits per heavy atom. The Labute approximate surface area is 145 Å². The van der Waals surface area contributed by atoms with Crippen molar-refractivity contribution in [3.8, 4) is 11.5 Å². The molecule has 0 radical (unpaired) electrons. The van der Waals surface area contributed by atoms with Crippen LogP contribution in [0.3, 0.4) is 0 Å². The zero-order chi connectivity index (χ0) is 16.8. The molecule has 0 atom stereocenters. The van der Waals surface area contributed by atoms with Gasteiger partial charge in [-0.05, 0) is 56.4 Å². The van der Waals surface area contributed by atoms with Crippen LogP contribution in [0.15, 0.2) is 48.5 Å². The molecule has 0 unspecified atom stereocenters. The zero-order valence-corrected chi connectivity index (χ0v) is 14.7. The van der Waals surface area contributed by atoms with Gasteiger partial charge in [0, 0.05) is 24.0 Å². The first-order valence-corrected chi connectivity index (χ1v) is 8.99. The summed E-state index contributed by atoms with van der Waals surface area (Å²) in [4.78, 5) is 2.33. The van der Waals surface area contributed by atoms with Crippen molar-refractivity contribution in [1.82, 2.24) is 0 Å². The van der Waals surface area contributed by atoms with E-state index in [0.29, 0.717) is 6.10 Å². The lowest BCUT2D eigenvalue weighted by Gasteiger charge is -2.26. The van der Waals surface area contributed by atoms with Gasteiger partial charge in [0.1, 0.15) is 0 Å². The highest BCUT2D eigenvalue weighted by molar-refractivity contribution is 5.66. The van der Waals surface area contributed by atoms with Gasteiger partial charge in [0.15, 0.2) is 11.5 Å². The van der Waals surface area contributed by atoms with Gasteiger partial charge in [-0.15, -0.1) is 0 Å². The van der Waals surface area contributed by atoms with Gasteiger partial charge in [0.25, 0.3) is 0 Å². The Hall–Kier alpha value is -2.16. The van der Waals surface area contributed by atoms with Crippen LogP contribution in [0.5, 0.6) is 11.5 Å². The zero-order valence-electron chi connectivity index (χ0n) is 14.7. The molecule has 0 aliphatic heterocycles. The van der Waals surface area contributed by atoms with Crippen molar-refractivity contribution < 1.29 is 9.47 Å². The number of rotatable bonds is 7. The molecule has 0 amide bonds. The van der Waals surface area contributed by atoms with E-state index in [2.05, 4.69) is 54.3 Å². The van der Waals surface area contributed by atoms with Gasteiger partial charge in [-0.25, -0.2) is 0 Å². The molecule has 0 aromatic heterocycles. The van der Waals surface area contributed by atoms with Gasteiger partial charge in [0.05, 0.1) is 13.2 Å². The summed E-state index contributed by atoms with van der Waals surface area (Å²) in [6, 6.07) is 16.8.